The molecule has 0 bridgehead atoms. The van der Waals surface area contributed by atoms with E-state index in [0.29, 0.717) is 37.7 Å². The predicted octanol–water partition coefficient (Wildman–Crippen LogP) is -1.32. The summed E-state index contributed by atoms with van der Waals surface area (Å²) in [5, 5.41) is 143. The second kappa shape index (κ2) is 22.6. The average Bonchev–Trinajstić information content (AvgIpc) is 3.29. The van der Waals surface area contributed by atoms with Gasteiger partial charge in [0.15, 0.2) is 25.0 Å². The van der Waals surface area contributed by atoms with Crippen LogP contribution in [0.4, 0.5) is 0 Å². The molecule has 3 heterocycles. The van der Waals surface area contributed by atoms with Crippen molar-refractivity contribution in [3.63, 3.8) is 0 Å². The van der Waals surface area contributed by atoms with E-state index in [2.05, 4.69) is 26.8 Å². The van der Waals surface area contributed by atoms with Crippen LogP contribution in [0.3, 0.4) is 0 Å². The molecule has 7 fully saturated rings. The molecule has 1 unspecified atom stereocenters. The van der Waals surface area contributed by atoms with Gasteiger partial charge in [0, 0.05) is 23.3 Å². The number of fused-ring (bicyclic) bond motifs is 7. The van der Waals surface area contributed by atoms with E-state index >= 15 is 0 Å². The minimum atomic E-state index is -2.18. The van der Waals surface area contributed by atoms with Crippen LogP contribution in [0.1, 0.15) is 107 Å². The Labute approximate surface area is 459 Å². The molecule has 0 aromatic carbocycles. The number of aliphatic hydroxyl groups is 12. The van der Waals surface area contributed by atoms with Gasteiger partial charge in [-0.2, -0.15) is 0 Å². The van der Waals surface area contributed by atoms with Gasteiger partial charge in [-0.15, -0.1) is 0 Å². The third kappa shape index (κ3) is 9.94. The van der Waals surface area contributed by atoms with Crippen LogP contribution in [0.5, 0.6) is 0 Å². The van der Waals surface area contributed by atoms with E-state index in [-0.39, 0.29) is 24.7 Å². The number of hydrogen-bond donors (Lipinski definition) is 13. The summed E-state index contributed by atoms with van der Waals surface area (Å²) in [5.41, 5.74) is -3.78. The van der Waals surface area contributed by atoms with Gasteiger partial charge >= 0.3 is 17.9 Å². The SMILES string of the molecule is C/C=C(\C)C(=O)O[C@H]1[C@H](OC(C)=O)[C@]2(CO)[C@H](O)C[C@]3(C)C(=CC[C@@H]4[C@@]5(C)CC[C@H](O[C@@H]6O[C@H](C(=O)O)[C@@H](O[C@@H]7O[C@H](CO)[C@@H](O)[C@H](O)[C@H]7O)[C@H](O)[C@H]6OC6O[C@H](CO)[C@@H](O)[C@H](O)[C@H]6O)[C@](C)(CO)[C@@H]5CC[C@]43C)[C@@H]2CC1(C)C. The zero-order valence-corrected chi connectivity index (χ0v) is 46.4. The zero-order valence-electron chi connectivity index (χ0n) is 46.4. The van der Waals surface area contributed by atoms with Gasteiger partial charge < -0.3 is 104 Å². The van der Waals surface area contributed by atoms with E-state index in [0.717, 1.165) is 5.57 Å². The van der Waals surface area contributed by atoms with Crippen LogP contribution in [-0.4, -0.2) is 227 Å². The normalized spacial score (nSPS) is 50.6. The summed E-state index contributed by atoms with van der Waals surface area (Å²) in [6.45, 7) is 14.1. The molecule has 13 N–H and O–H groups in total. The maximum atomic E-state index is 13.4. The number of ether oxygens (including phenoxy) is 8. The van der Waals surface area contributed by atoms with Gasteiger partial charge in [0.1, 0.15) is 79.4 Å². The molecular formula is C55H86O24. The van der Waals surface area contributed by atoms with E-state index < -0.39 is 199 Å². The smallest absolute Gasteiger partial charge is 0.335 e. The molecule has 8 rings (SSSR count). The quantitative estimate of drug-likeness (QED) is 0.0415. The fraction of sp³-hybridized carbons (Fsp3) is 0.873. The molecular weight excluding hydrogens is 1040 g/mol. The van der Waals surface area contributed by atoms with Gasteiger partial charge in [0.25, 0.3) is 0 Å². The summed E-state index contributed by atoms with van der Waals surface area (Å²) in [6.07, 6.45) is -26.5. The van der Waals surface area contributed by atoms with E-state index in [1.807, 2.05) is 20.8 Å². The van der Waals surface area contributed by atoms with Crippen LogP contribution in [0.2, 0.25) is 0 Å². The van der Waals surface area contributed by atoms with Crippen molar-refractivity contribution in [2.75, 3.05) is 26.4 Å². The number of esters is 2. The molecule has 8 aliphatic rings. The number of aliphatic carboxylic acids is 1. The van der Waals surface area contributed by atoms with E-state index in [4.69, 9.17) is 37.9 Å². The van der Waals surface area contributed by atoms with Crippen molar-refractivity contribution in [2.24, 2.45) is 50.2 Å². The summed E-state index contributed by atoms with van der Waals surface area (Å²) in [5.74, 6) is -3.88. The Hall–Kier alpha value is -2.83. The zero-order chi connectivity index (χ0) is 58.4. The Kier molecular flexibility index (Phi) is 17.8. The molecule has 0 radical (unpaired) electrons. The van der Waals surface area contributed by atoms with Crippen LogP contribution in [0.25, 0.3) is 0 Å². The maximum Gasteiger partial charge on any atom is 0.335 e. The third-order valence-corrected chi connectivity index (χ3v) is 21.1. The molecule has 0 aromatic heterocycles. The summed E-state index contributed by atoms with van der Waals surface area (Å²) in [6, 6.07) is 0. The van der Waals surface area contributed by atoms with Crippen LogP contribution in [-0.2, 0) is 52.3 Å². The number of carbonyl (C=O) groups excluding carboxylic acids is 2. The van der Waals surface area contributed by atoms with Crippen LogP contribution in [0, 0.1) is 50.2 Å². The van der Waals surface area contributed by atoms with E-state index in [9.17, 15) is 80.8 Å². The lowest BCUT2D eigenvalue weighted by Gasteiger charge is -2.72. The Morgan fingerprint density at radius 3 is 1.76 bits per heavy atom. The third-order valence-electron chi connectivity index (χ3n) is 21.1. The number of rotatable bonds is 14. The van der Waals surface area contributed by atoms with Crippen molar-refractivity contribution in [3.8, 4) is 0 Å². The highest BCUT2D eigenvalue weighted by atomic mass is 16.8. The summed E-state index contributed by atoms with van der Waals surface area (Å²) in [7, 11) is 0. The van der Waals surface area contributed by atoms with E-state index in [1.165, 1.54) is 6.92 Å². The second-order valence-electron chi connectivity index (χ2n) is 25.5. The van der Waals surface area contributed by atoms with Gasteiger partial charge in [0.2, 0.25) is 0 Å². The fourth-order valence-electron chi connectivity index (χ4n) is 16.2. The first-order valence-corrected chi connectivity index (χ1v) is 27.7. The summed E-state index contributed by atoms with van der Waals surface area (Å²) < 4.78 is 48.2. The molecule has 0 amide bonds. The largest absolute Gasteiger partial charge is 0.479 e. The fourth-order valence-corrected chi connectivity index (χ4v) is 16.2. The number of aliphatic hydroxyl groups excluding tert-OH is 12. The minimum Gasteiger partial charge on any atom is -0.479 e. The van der Waals surface area contributed by atoms with Gasteiger partial charge in [0.05, 0.1) is 44.1 Å². The molecule has 4 saturated carbocycles. The first kappa shape index (κ1) is 62.2. The highest BCUT2D eigenvalue weighted by molar-refractivity contribution is 5.87. The lowest BCUT2D eigenvalue weighted by molar-refractivity contribution is -0.392. The molecule has 0 aromatic rings. The standard InChI is InChI=1S/C55H86O24/c1-10-23(2)46(71)79-43-44(72-24(3)60)55(22-59)26(17-50(43,4)5)25-11-12-30-51(6)15-14-32(52(7,21-58)29(51)13-16-53(30,8)54(25,9)18-31(55)61)75-49-41(77-48-38(67)36(65)34(63)28(20-57)74-48)39(68)40(42(78-49)45(69)70)76-47-37(66)35(64)33(62)27(19-56)73-47/h10-11,26-44,47-49,56-59,61-68H,12-22H2,1-9H3,(H,69,70)/b23-10+/t26-,27+,28+,29+,30+,31+,32-,33+,34+,35-,36-,37+,38+,39-,40-,41+,42-,43-,44-,47-,48?,49+,51-,52+,53+,54+,55-/m0/s1. The number of carboxylic acids is 1. The lowest BCUT2D eigenvalue weighted by Crippen LogP contribution is -2.72. The summed E-state index contributed by atoms with van der Waals surface area (Å²) in [4.78, 5) is 39.5. The molecule has 24 nitrogen and oxygen atoms in total. The van der Waals surface area contributed by atoms with E-state index in [1.54, 1.807) is 19.9 Å². The van der Waals surface area contributed by atoms with Gasteiger partial charge in [-0.05, 0) is 92.8 Å². The topological polar surface area (TPSA) is 388 Å². The van der Waals surface area contributed by atoms with Crippen molar-refractivity contribution >= 4 is 17.9 Å². The molecule has 79 heavy (non-hydrogen) atoms. The predicted molar refractivity (Wildman–Crippen MR) is 269 cm³/mol. The maximum absolute atomic E-state index is 13.4. The Bertz CT molecular complexity index is 2290. The molecule has 3 saturated heterocycles. The van der Waals surface area contributed by atoms with Crippen LogP contribution >= 0.6 is 0 Å². The van der Waals surface area contributed by atoms with Crippen molar-refractivity contribution in [2.45, 2.75) is 224 Å². The van der Waals surface area contributed by atoms with Crippen molar-refractivity contribution < 1.29 is 119 Å². The first-order chi connectivity index (χ1) is 36.9. The number of carbonyl (C=O) groups is 3. The molecule has 3 aliphatic heterocycles. The minimum absolute atomic E-state index is 0.0849. The average molecular weight is 1130 g/mol. The van der Waals surface area contributed by atoms with Gasteiger partial charge in [-0.3, -0.25) is 4.79 Å². The lowest BCUT2D eigenvalue weighted by atomic mass is 9.33. The number of carboxylic acid groups (broad SMARTS) is 1. The molecule has 0 spiro atoms. The van der Waals surface area contributed by atoms with Gasteiger partial charge in [-0.1, -0.05) is 59.3 Å². The Balaban J connectivity index is 1.12. The second-order valence-corrected chi connectivity index (χ2v) is 25.5. The van der Waals surface area contributed by atoms with Crippen LogP contribution < -0.4 is 0 Å². The monoisotopic (exact) mass is 1130 g/mol. The molecule has 24 heteroatoms. The number of hydrogen-bond acceptors (Lipinski definition) is 23. The Morgan fingerprint density at radius 1 is 0.658 bits per heavy atom. The summed E-state index contributed by atoms with van der Waals surface area (Å²) >= 11 is 0. The first-order valence-electron chi connectivity index (χ1n) is 27.7. The highest BCUT2D eigenvalue weighted by Gasteiger charge is 2.74. The van der Waals surface area contributed by atoms with Gasteiger partial charge in [-0.25, -0.2) is 9.59 Å². The number of allylic oxidation sites excluding steroid dienone is 3. The molecule has 5 aliphatic carbocycles. The van der Waals surface area contributed by atoms with Crippen molar-refractivity contribution in [3.05, 3.63) is 23.3 Å². The molecule has 450 valence electrons. The Morgan fingerprint density at radius 2 is 1.24 bits per heavy atom. The van der Waals surface area contributed by atoms with Crippen molar-refractivity contribution in [1.82, 2.24) is 0 Å². The van der Waals surface area contributed by atoms with Crippen molar-refractivity contribution in [1.29, 1.82) is 0 Å². The molecule has 27 atom stereocenters. The van der Waals surface area contributed by atoms with Crippen LogP contribution in [0.15, 0.2) is 23.3 Å². The highest BCUT2D eigenvalue weighted by Crippen LogP contribution is 2.76.